The number of hydrogen-bond donors (Lipinski definition) is 2. The van der Waals surface area contributed by atoms with Gasteiger partial charge in [-0.1, -0.05) is 36.5 Å². The van der Waals surface area contributed by atoms with E-state index in [1.807, 2.05) is 0 Å². The van der Waals surface area contributed by atoms with Crippen molar-refractivity contribution in [1.29, 1.82) is 0 Å². The fourth-order valence-electron chi connectivity index (χ4n) is 2.22. The molecule has 1 aliphatic rings. The van der Waals surface area contributed by atoms with Crippen molar-refractivity contribution in [1.82, 2.24) is 4.72 Å². The van der Waals surface area contributed by atoms with Crippen molar-refractivity contribution in [3.63, 3.8) is 0 Å². The monoisotopic (exact) mass is 330 g/mol. The van der Waals surface area contributed by atoms with Crippen molar-refractivity contribution in [3.8, 4) is 0 Å². The van der Waals surface area contributed by atoms with E-state index < -0.39 is 10.0 Å². The summed E-state index contributed by atoms with van der Waals surface area (Å²) in [5.41, 5.74) is 6.91. The van der Waals surface area contributed by atoms with E-state index in [-0.39, 0.29) is 16.8 Å². The van der Waals surface area contributed by atoms with Crippen molar-refractivity contribution in [3.05, 3.63) is 35.4 Å². The minimum Gasteiger partial charge on any atom is -0.389 e. The Balaban J connectivity index is 2.10. The van der Waals surface area contributed by atoms with Gasteiger partial charge in [0.2, 0.25) is 10.0 Å². The zero-order valence-electron chi connectivity index (χ0n) is 11.0. The molecule has 1 saturated heterocycles. The number of thiocarbonyl (C=S) groups is 1. The van der Waals surface area contributed by atoms with Crippen molar-refractivity contribution in [2.24, 2.45) is 5.73 Å². The van der Waals surface area contributed by atoms with E-state index in [9.17, 15) is 8.42 Å². The molecule has 1 aromatic carbocycles. The summed E-state index contributed by atoms with van der Waals surface area (Å²) in [5, 5.41) is 0. The molecule has 2 rings (SSSR count). The van der Waals surface area contributed by atoms with Crippen LogP contribution in [0.1, 0.15) is 24.0 Å². The second kappa shape index (κ2) is 6.89. The number of nitrogens with one attached hydrogen (secondary N) is 1. The molecule has 0 saturated carbocycles. The lowest BCUT2D eigenvalue weighted by Crippen LogP contribution is -2.39. The van der Waals surface area contributed by atoms with Crippen molar-refractivity contribution in [2.75, 3.05) is 11.5 Å². The topological polar surface area (TPSA) is 72.2 Å². The number of benzene rings is 1. The molecular formula is C13H18N2O2S3. The quantitative estimate of drug-likeness (QED) is 0.803. The van der Waals surface area contributed by atoms with Gasteiger partial charge in [0.1, 0.15) is 4.99 Å². The van der Waals surface area contributed by atoms with Crippen LogP contribution < -0.4 is 10.5 Å². The molecule has 1 atom stereocenters. The highest BCUT2D eigenvalue weighted by Crippen LogP contribution is 2.19. The molecule has 0 spiro atoms. The molecule has 1 unspecified atom stereocenters. The highest BCUT2D eigenvalue weighted by molar-refractivity contribution is 7.99. The summed E-state index contributed by atoms with van der Waals surface area (Å²) < 4.78 is 27.3. The first kappa shape index (κ1) is 15.8. The number of nitrogens with two attached hydrogens (primary N) is 1. The van der Waals surface area contributed by atoms with Gasteiger partial charge >= 0.3 is 0 Å². The molecule has 20 heavy (non-hydrogen) atoms. The Morgan fingerprint density at radius 3 is 2.85 bits per heavy atom. The van der Waals surface area contributed by atoms with E-state index in [0.717, 1.165) is 24.3 Å². The van der Waals surface area contributed by atoms with Crippen LogP contribution in [0.25, 0.3) is 0 Å². The van der Waals surface area contributed by atoms with Gasteiger partial charge < -0.3 is 5.73 Å². The highest BCUT2D eigenvalue weighted by Gasteiger charge is 2.21. The van der Waals surface area contributed by atoms with E-state index in [1.165, 1.54) is 0 Å². The Morgan fingerprint density at radius 2 is 2.20 bits per heavy atom. The van der Waals surface area contributed by atoms with Gasteiger partial charge in [0.05, 0.1) is 5.75 Å². The Bertz CT molecular complexity index is 581. The largest absolute Gasteiger partial charge is 0.389 e. The molecule has 1 fully saturated rings. The first-order valence-corrected chi connectivity index (χ1v) is 9.65. The van der Waals surface area contributed by atoms with E-state index >= 15 is 0 Å². The summed E-state index contributed by atoms with van der Waals surface area (Å²) in [6.07, 6.45) is 1.96. The predicted molar refractivity (Wildman–Crippen MR) is 88.4 cm³/mol. The summed E-state index contributed by atoms with van der Waals surface area (Å²) in [7, 11) is -3.37. The summed E-state index contributed by atoms with van der Waals surface area (Å²) >= 11 is 6.75. The van der Waals surface area contributed by atoms with Gasteiger partial charge in [-0.05, 0) is 24.2 Å². The number of thioether (sulfide) groups is 1. The van der Waals surface area contributed by atoms with Gasteiger partial charge in [0.15, 0.2) is 0 Å². The van der Waals surface area contributed by atoms with Crippen molar-refractivity contribution >= 4 is 39.0 Å². The van der Waals surface area contributed by atoms with E-state index in [0.29, 0.717) is 11.1 Å². The van der Waals surface area contributed by atoms with Crippen LogP contribution in [0.4, 0.5) is 0 Å². The van der Waals surface area contributed by atoms with Gasteiger partial charge in [-0.25, -0.2) is 13.1 Å². The van der Waals surface area contributed by atoms with Crippen LogP contribution in [0.15, 0.2) is 24.3 Å². The average molecular weight is 331 g/mol. The van der Waals surface area contributed by atoms with Crippen molar-refractivity contribution in [2.45, 2.75) is 24.6 Å². The Labute approximate surface area is 129 Å². The van der Waals surface area contributed by atoms with Crippen molar-refractivity contribution < 1.29 is 8.42 Å². The third-order valence-corrected chi connectivity index (χ3v) is 5.95. The van der Waals surface area contributed by atoms with E-state index in [1.54, 1.807) is 36.0 Å². The molecule has 0 aromatic heterocycles. The van der Waals surface area contributed by atoms with Crippen LogP contribution >= 0.6 is 24.0 Å². The smallest absolute Gasteiger partial charge is 0.216 e. The Kier molecular flexibility index (Phi) is 5.42. The lowest BCUT2D eigenvalue weighted by molar-refractivity contribution is 0.542. The second-order valence-electron chi connectivity index (χ2n) is 4.81. The van der Waals surface area contributed by atoms with Crippen LogP contribution in [-0.2, 0) is 15.8 Å². The zero-order valence-corrected chi connectivity index (χ0v) is 13.5. The van der Waals surface area contributed by atoms with Crippen LogP contribution in [0, 0.1) is 0 Å². The highest BCUT2D eigenvalue weighted by atomic mass is 32.2. The number of sulfonamides is 1. The van der Waals surface area contributed by atoms with E-state index in [4.69, 9.17) is 18.0 Å². The van der Waals surface area contributed by atoms with Gasteiger partial charge in [-0.15, -0.1) is 0 Å². The normalized spacial score (nSPS) is 19.7. The third-order valence-electron chi connectivity index (χ3n) is 3.13. The van der Waals surface area contributed by atoms with Crippen LogP contribution in [0.3, 0.4) is 0 Å². The maximum absolute atomic E-state index is 12.2. The molecule has 0 aliphatic carbocycles. The molecule has 3 N–H and O–H groups in total. The second-order valence-corrected chi connectivity index (χ2v) is 8.16. The fourth-order valence-corrected chi connectivity index (χ4v) is 5.05. The molecule has 1 aromatic rings. The molecule has 1 aliphatic heterocycles. The van der Waals surface area contributed by atoms with Crippen LogP contribution in [-0.4, -0.2) is 31.0 Å². The van der Waals surface area contributed by atoms with Gasteiger partial charge in [-0.3, -0.25) is 0 Å². The number of rotatable bonds is 5. The lowest BCUT2D eigenvalue weighted by Gasteiger charge is -2.22. The molecule has 110 valence electrons. The van der Waals surface area contributed by atoms with Crippen LogP contribution in [0.2, 0.25) is 0 Å². The SMILES string of the molecule is NC(=S)c1ccccc1CS(=O)(=O)NC1CCCSC1. The molecule has 0 amide bonds. The van der Waals surface area contributed by atoms with Gasteiger partial charge in [0.25, 0.3) is 0 Å². The summed E-state index contributed by atoms with van der Waals surface area (Å²) in [6.45, 7) is 0. The van der Waals surface area contributed by atoms with Gasteiger partial charge in [0, 0.05) is 17.4 Å². The van der Waals surface area contributed by atoms with Gasteiger partial charge in [-0.2, -0.15) is 11.8 Å². The standard InChI is InChI=1S/C13H18N2O2S3/c14-13(18)12-6-2-1-4-10(12)9-20(16,17)15-11-5-3-7-19-8-11/h1-2,4,6,11,15H,3,5,7-9H2,(H2,14,18). The Hall–Kier alpha value is -0.630. The first-order valence-electron chi connectivity index (χ1n) is 6.43. The molecule has 0 radical (unpaired) electrons. The first-order chi connectivity index (χ1) is 9.48. The molecule has 4 nitrogen and oxygen atoms in total. The molecular weight excluding hydrogens is 312 g/mol. The summed E-state index contributed by atoms with van der Waals surface area (Å²) in [4.78, 5) is 0.226. The predicted octanol–water partition coefficient (Wildman–Crippen LogP) is 1.64. The number of hydrogen-bond acceptors (Lipinski definition) is 4. The maximum Gasteiger partial charge on any atom is 0.216 e. The minimum absolute atomic E-state index is 0.0377. The molecule has 1 heterocycles. The minimum atomic E-state index is -3.37. The fraction of sp³-hybridized carbons (Fsp3) is 0.462. The lowest BCUT2D eigenvalue weighted by atomic mass is 10.1. The zero-order chi connectivity index (χ0) is 14.6. The maximum atomic E-state index is 12.2. The summed E-state index contributed by atoms with van der Waals surface area (Å²) in [6, 6.07) is 7.14. The third kappa shape index (κ3) is 4.44. The molecule has 7 heteroatoms. The Morgan fingerprint density at radius 1 is 1.45 bits per heavy atom. The van der Waals surface area contributed by atoms with E-state index in [2.05, 4.69) is 4.72 Å². The van der Waals surface area contributed by atoms with Crippen LogP contribution in [0.5, 0.6) is 0 Å². The average Bonchev–Trinajstić information content (AvgIpc) is 2.39. The molecule has 0 bridgehead atoms. The summed E-state index contributed by atoms with van der Waals surface area (Å²) in [5.74, 6) is 1.88.